The second-order valence-electron chi connectivity index (χ2n) is 15.3. The number of carbonyl (C=O) groups excluding carboxylic acids is 4. The van der Waals surface area contributed by atoms with Crippen LogP contribution in [0.5, 0.6) is 0 Å². The molecule has 6 rings (SSSR count). The number of likely N-dealkylation sites (N-methyl/N-ethyl adjacent to an activating group) is 1. The summed E-state index contributed by atoms with van der Waals surface area (Å²) in [6.07, 6.45) is 4.26. The lowest BCUT2D eigenvalue weighted by molar-refractivity contribution is -0.129. The number of amides is 3. The van der Waals surface area contributed by atoms with Crippen molar-refractivity contribution >= 4 is 46.1 Å². The first-order valence-electron chi connectivity index (χ1n) is 20.8. The Morgan fingerprint density at radius 1 is 0.710 bits per heavy atom. The van der Waals surface area contributed by atoms with Gasteiger partial charge in [0.1, 0.15) is 5.82 Å². The maximum absolute atomic E-state index is 13.9. The van der Waals surface area contributed by atoms with Crippen molar-refractivity contribution in [2.45, 2.75) is 65.0 Å². The fourth-order valence-electron chi connectivity index (χ4n) is 7.58. The van der Waals surface area contributed by atoms with E-state index in [1.165, 1.54) is 13.2 Å². The fraction of sp³-hybridized carbons (Fsp3) is 0.292. The highest BCUT2D eigenvalue weighted by Crippen LogP contribution is 2.28. The molecule has 0 fully saturated rings. The number of methoxy groups -OCH3 is 1. The third kappa shape index (κ3) is 11.6. The van der Waals surface area contributed by atoms with Crippen LogP contribution in [0.4, 0.5) is 11.5 Å². The van der Waals surface area contributed by atoms with Gasteiger partial charge in [0.2, 0.25) is 5.91 Å². The number of nitrogens with one attached hydrogen (secondary N) is 5. The molecule has 4 aromatic carbocycles. The Morgan fingerprint density at radius 3 is 2.08 bits per heavy atom. The first-order valence-corrected chi connectivity index (χ1v) is 20.8. The summed E-state index contributed by atoms with van der Waals surface area (Å²) in [6.45, 7) is 5.74. The highest BCUT2D eigenvalue weighted by Gasteiger charge is 2.22. The number of aromatic amines is 3. The molecule has 0 bridgehead atoms. The summed E-state index contributed by atoms with van der Waals surface area (Å²) >= 11 is 0. The number of aryl methyl sites for hydroxylation is 2. The lowest BCUT2D eigenvalue weighted by atomic mass is 10.0. The van der Waals surface area contributed by atoms with Crippen LogP contribution in [0.15, 0.2) is 113 Å². The number of rotatable bonds is 19. The number of nitrogens with zero attached hydrogens (tertiary/aromatic N) is 2. The molecule has 322 valence electrons. The van der Waals surface area contributed by atoms with E-state index in [-0.39, 0.29) is 47.7 Å². The van der Waals surface area contributed by atoms with Gasteiger partial charge >= 0.3 is 11.7 Å². The standard InChI is InChI=1S/C48H53N7O7/c1-5-38(6-2)55(26-25-54(3)42(57)29-37-28-41(56)52-48(61)50-37)30-33-13-10-14-35(27-33)45(58)53-44-43(39-15-7-8-16-40(39)51-44)46(59)49-36-23-19-32(20-24-36)12-9-11-31-17-21-34(22-18-31)47(60)62-4/h7-8,10,13-24,27-28,38,51H,5-6,9,11-12,25-26,29-30H2,1-4H3,(H,49,59)(H,53,58)(H2,50,52,56,61). The molecule has 6 aromatic rings. The van der Waals surface area contributed by atoms with Crippen LogP contribution in [0.1, 0.15) is 86.6 Å². The van der Waals surface area contributed by atoms with Crippen molar-refractivity contribution in [3.8, 4) is 0 Å². The Kier molecular flexibility index (Phi) is 15.0. The number of fused-ring (bicyclic) bond motifs is 1. The van der Waals surface area contributed by atoms with Crippen molar-refractivity contribution in [3.05, 3.63) is 163 Å². The number of hydrogen-bond acceptors (Lipinski definition) is 8. The topological polar surface area (TPSA) is 190 Å². The molecule has 0 saturated carbocycles. The van der Waals surface area contributed by atoms with Gasteiger partial charge in [-0.15, -0.1) is 0 Å². The summed E-state index contributed by atoms with van der Waals surface area (Å²) in [4.78, 5) is 87.6. The molecule has 0 radical (unpaired) electrons. The molecule has 14 heteroatoms. The summed E-state index contributed by atoms with van der Waals surface area (Å²) in [7, 11) is 3.06. The van der Waals surface area contributed by atoms with E-state index in [9.17, 15) is 28.8 Å². The van der Waals surface area contributed by atoms with Gasteiger partial charge in [0.05, 0.1) is 24.7 Å². The van der Waals surface area contributed by atoms with Crippen LogP contribution in [0.25, 0.3) is 10.9 Å². The molecule has 0 unspecified atom stereocenters. The predicted molar refractivity (Wildman–Crippen MR) is 241 cm³/mol. The molecule has 2 heterocycles. The number of para-hydroxylation sites is 1. The van der Waals surface area contributed by atoms with E-state index in [0.29, 0.717) is 52.9 Å². The molecule has 62 heavy (non-hydrogen) atoms. The second-order valence-corrected chi connectivity index (χ2v) is 15.3. The average molecular weight is 840 g/mol. The average Bonchev–Trinajstić information content (AvgIpc) is 3.64. The first-order chi connectivity index (χ1) is 29.9. The highest BCUT2D eigenvalue weighted by atomic mass is 16.5. The van der Waals surface area contributed by atoms with E-state index in [2.05, 4.69) is 44.3 Å². The van der Waals surface area contributed by atoms with Crippen molar-refractivity contribution in [2.24, 2.45) is 0 Å². The monoisotopic (exact) mass is 839 g/mol. The van der Waals surface area contributed by atoms with Gasteiger partial charge in [-0.05, 0) is 91.3 Å². The van der Waals surface area contributed by atoms with Gasteiger partial charge < -0.3 is 30.2 Å². The van der Waals surface area contributed by atoms with Crippen molar-refractivity contribution < 1.29 is 23.9 Å². The third-order valence-corrected chi connectivity index (χ3v) is 11.0. The number of aromatic nitrogens is 3. The van der Waals surface area contributed by atoms with Crippen molar-refractivity contribution in [1.82, 2.24) is 24.8 Å². The molecular weight excluding hydrogens is 787 g/mol. The van der Waals surface area contributed by atoms with Crippen LogP contribution in [0, 0.1) is 0 Å². The molecule has 5 N–H and O–H groups in total. The normalized spacial score (nSPS) is 11.2. The number of benzene rings is 4. The maximum Gasteiger partial charge on any atom is 0.337 e. The van der Waals surface area contributed by atoms with Crippen molar-refractivity contribution in [1.29, 1.82) is 0 Å². The van der Waals surface area contributed by atoms with E-state index < -0.39 is 11.2 Å². The predicted octanol–water partition coefficient (Wildman–Crippen LogP) is 6.70. The van der Waals surface area contributed by atoms with Gasteiger partial charge in [0, 0.05) is 66.6 Å². The molecule has 0 saturated heterocycles. The van der Waals surface area contributed by atoms with Crippen molar-refractivity contribution in [3.63, 3.8) is 0 Å². The van der Waals surface area contributed by atoms with E-state index in [1.807, 2.05) is 78.9 Å². The largest absolute Gasteiger partial charge is 0.465 e. The lowest BCUT2D eigenvalue weighted by Gasteiger charge is -2.32. The second kappa shape index (κ2) is 21.0. The minimum absolute atomic E-state index is 0.106. The SMILES string of the molecule is CCC(CC)N(CCN(C)C(=O)Cc1cc(=O)[nH]c(=O)[nH]1)Cc1cccc(C(=O)Nc2[nH]c3ccccc3c2C(=O)Nc2ccc(CCCc3ccc(C(=O)OC)cc3)cc2)c1. The van der Waals surface area contributed by atoms with Gasteiger partial charge in [-0.3, -0.25) is 29.1 Å². The van der Waals surface area contributed by atoms with E-state index >= 15 is 0 Å². The zero-order chi connectivity index (χ0) is 44.2. The van der Waals surface area contributed by atoms with E-state index in [1.54, 1.807) is 30.1 Å². The van der Waals surface area contributed by atoms with E-state index in [0.717, 1.165) is 48.8 Å². The zero-order valence-corrected chi connectivity index (χ0v) is 35.5. The first kappa shape index (κ1) is 44.5. The molecule has 0 atom stereocenters. The van der Waals surface area contributed by atoms with Crippen LogP contribution < -0.4 is 21.9 Å². The van der Waals surface area contributed by atoms with Crippen LogP contribution >= 0.6 is 0 Å². The van der Waals surface area contributed by atoms with Gasteiger partial charge in [-0.2, -0.15) is 0 Å². The zero-order valence-electron chi connectivity index (χ0n) is 35.5. The highest BCUT2D eigenvalue weighted by molar-refractivity contribution is 6.19. The summed E-state index contributed by atoms with van der Waals surface area (Å²) in [6, 6.07) is 31.3. The number of anilines is 2. The van der Waals surface area contributed by atoms with Crippen LogP contribution in [0.2, 0.25) is 0 Å². The molecule has 2 aromatic heterocycles. The number of carbonyl (C=O) groups is 4. The maximum atomic E-state index is 13.9. The van der Waals surface area contributed by atoms with Crippen LogP contribution in [0.3, 0.4) is 0 Å². The Bertz CT molecular complexity index is 2600. The molecule has 14 nitrogen and oxygen atoms in total. The Morgan fingerprint density at radius 2 is 1.40 bits per heavy atom. The quantitative estimate of drug-likeness (QED) is 0.0557. The number of hydrogen-bond donors (Lipinski definition) is 5. The van der Waals surface area contributed by atoms with Crippen LogP contribution in [-0.4, -0.2) is 81.7 Å². The molecule has 3 amide bonds. The fourth-order valence-corrected chi connectivity index (χ4v) is 7.58. The summed E-state index contributed by atoms with van der Waals surface area (Å²) in [5.74, 6) is -1.06. The van der Waals surface area contributed by atoms with Crippen molar-refractivity contribution in [2.75, 3.05) is 37.9 Å². The minimum Gasteiger partial charge on any atom is -0.465 e. The summed E-state index contributed by atoms with van der Waals surface area (Å²) in [5, 5.41) is 6.64. The summed E-state index contributed by atoms with van der Waals surface area (Å²) in [5.41, 5.74) is 4.78. The van der Waals surface area contributed by atoms with E-state index in [4.69, 9.17) is 4.74 Å². The van der Waals surface area contributed by atoms with Crippen LogP contribution in [-0.2, 0) is 35.3 Å². The Balaban J connectivity index is 1.09. The number of esters is 1. The molecule has 0 aliphatic carbocycles. The summed E-state index contributed by atoms with van der Waals surface area (Å²) < 4.78 is 4.78. The lowest BCUT2D eigenvalue weighted by Crippen LogP contribution is -2.41. The van der Waals surface area contributed by atoms with Gasteiger partial charge in [-0.25, -0.2) is 9.59 Å². The molecular formula is C48H53N7O7. The van der Waals surface area contributed by atoms with Gasteiger partial charge in [-0.1, -0.05) is 68.4 Å². The number of H-pyrrole nitrogens is 3. The third-order valence-electron chi connectivity index (χ3n) is 11.0. The minimum atomic E-state index is -0.657. The Hall–Kier alpha value is -7.06. The Labute approximate surface area is 359 Å². The van der Waals surface area contributed by atoms with Gasteiger partial charge in [0.25, 0.3) is 17.4 Å². The molecule has 0 spiro atoms. The number of ether oxygens (including phenoxy) is 1. The molecule has 0 aliphatic rings. The van der Waals surface area contributed by atoms with Gasteiger partial charge in [0.15, 0.2) is 0 Å². The molecule has 0 aliphatic heterocycles. The smallest absolute Gasteiger partial charge is 0.337 e.